The SMILES string of the molecule is Cc1cc([C@@H](C)O)ccc1OCc1ccccn1. The van der Waals surface area contributed by atoms with Gasteiger partial charge in [0.2, 0.25) is 0 Å². The van der Waals surface area contributed by atoms with Crippen LogP contribution in [0.15, 0.2) is 42.6 Å². The van der Waals surface area contributed by atoms with E-state index in [0.29, 0.717) is 6.61 Å². The molecule has 0 amide bonds. The molecule has 1 aromatic carbocycles. The third kappa shape index (κ3) is 3.08. The summed E-state index contributed by atoms with van der Waals surface area (Å²) in [4.78, 5) is 4.20. The second kappa shape index (κ2) is 5.65. The number of nitrogens with zero attached hydrogens (tertiary/aromatic N) is 1. The van der Waals surface area contributed by atoms with Crippen LogP contribution in [-0.2, 0) is 6.61 Å². The number of pyridine rings is 1. The van der Waals surface area contributed by atoms with Crippen LogP contribution in [0.5, 0.6) is 5.75 Å². The van der Waals surface area contributed by atoms with Crippen molar-refractivity contribution in [3.8, 4) is 5.75 Å². The summed E-state index contributed by atoms with van der Waals surface area (Å²) in [5, 5.41) is 9.50. The molecule has 0 aliphatic heterocycles. The monoisotopic (exact) mass is 243 g/mol. The Morgan fingerprint density at radius 2 is 2.11 bits per heavy atom. The van der Waals surface area contributed by atoms with Crippen LogP contribution in [0.2, 0.25) is 0 Å². The van der Waals surface area contributed by atoms with Crippen LogP contribution in [0.1, 0.15) is 29.8 Å². The lowest BCUT2D eigenvalue weighted by molar-refractivity contribution is 0.199. The van der Waals surface area contributed by atoms with Gasteiger partial charge >= 0.3 is 0 Å². The summed E-state index contributed by atoms with van der Waals surface area (Å²) in [7, 11) is 0. The molecule has 0 saturated carbocycles. The van der Waals surface area contributed by atoms with Crippen LogP contribution >= 0.6 is 0 Å². The molecule has 1 atom stereocenters. The van der Waals surface area contributed by atoms with E-state index in [1.807, 2.05) is 43.3 Å². The van der Waals surface area contributed by atoms with Crippen molar-refractivity contribution in [3.63, 3.8) is 0 Å². The number of aliphatic hydroxyl groups excluding tert-OH is 1. The van der Waals surface area contributed by atoms with E-state index in [2.05, 4.69) is 4.98 Å². The number of aliphatic hydroxyl groups is 1. The first-order valence-electron chi connectivity index (χ1n) is 5.98. The maximum atomic E-state index is 9.50. The molecule has 2 aromatic rings. The highest BCUT2D eigenvalue weighted by molar-refractivity contribution is 5.37. The fraction of sp³-hybridized carbons (Fsp3) is 0.267. The summed E-state index contributed by atoms with van der Waals surface area (Å²) in [6, 6.07) is 11.5. The topological polar surface area (TPSA) is 42.4 Å². The zero-order chi connectivity index (χ0) is 13.0. The Bertz CT molecular complexity index is 509. The van der Waals surface area contributed by atoms with Crippen LogP contribution < -0.4 is 4.74 Å². The minimum Gasteiger partial charge on any atom is -0.487 e. The first-order chi connectivity index (χ1) is 8.66. The van der Waals surface area contributed by atoms with Gasteiger partial charge in [0, 0.05) is 6.20 Å². The summed E-state index contributed by atoms with van der Waals surface area (Å²) < 4.78 is 5.71. The van der Waals surface area contributed by atoms with Gasteiger partial charge in [-0.3, -0.25) is 4.98 Å². The fourth-order valence-electron chi connectivity index (χ4n) is 1.73. The van der Waals surface area contributed by atoms with Crippen molar-refractivity contribution < 1.29 is 9.84 Å². The third-order valence-corrected chi connectivity index (χ3v) is 2.78. The standard InChI is InChI=1S/C15H17NO2/c1-11-9-13(12(2)17)6-7-15(11)18-10-14-5-3-4-8-16-14/h3-9,12,17H,10H2,1-2H3/t12-/m1/s1. The molecule has 0 unspecified atom stereocenters. The maximum absolute atomic E-state index is 9.50. The van der Waals surface area contributed by atoms with Gasteiger partial charge in [0.25, 0.3) is 0 Å². The van der Waals surface area contributed by atoms with Crippen LogP contribution in [0.4, 0.5) is 0 Å². The molecule has 0 aliphatic carbocycles. The molecule has 0 spiro atoms. The highest BCUT2D eigenvalue weighted by Crippen LogP contribution is 2.23. The summed E-state index contributed by atoms with van der Waals surface area (Å²) in [5.74, 6) is 0.824. The molecule has 2 rings (SSSR count). The van der Waals surface area contributed by atoms with Gasteiger partial charge in [0.15, 0.2) is 0 Å². The quantitative estimate of drug-likeness (QED) is 0.897. The molecule has 1 N–H and O–H groups in total. The van der Waals surface area contributed by atoms with E-state index in [-0.39, 0.29) is 0 Å². The summed E-state index contributed by atoms with van der Waals surface area (Å²) in [5.41, 5.74) is 2.82. The summed E-state index contributed by atoms with van der Waals surface area (Å²) >= 11 is 0. The smallest absolute Gasteiger partial charge is 0.130 e. The van der Waals surface area contributed by atoms with Crippen LogP contribution in [-0.4, -0.2) is 10.1 Å². The number of aromatic nitrogens is 1. The minimum absolute atomic E-state index is 0.450. The maximum Gasteiger partial charge on any atom is 0.130 e. The lowest BCUT2D eigenvalue weighted by Crippen LogP contribution is -2.00. The van der Waals surface area contributed by atoms with E-state index < -0.39 is 6.10 Å². The average Bonchev–Trinajstić information content (AvgIpc) is 2.38. The highest BCUT2D eigenvalue weighted by atomic mass is 16.5. The Balaban J connectivity index is 2.06. The highest BCUT2D eigenvalue weighted by Gasteiger charge is 2.05. The molecule has 1 heterocycles. The molecule has 3 heteroatoms. The largest absolute Gasteiger partial charge is 0.487 e. The second-order valence-corrected chi connectivity index (χ2v) is 4.31. The zero-order valence-electron chi connectivity index (χ0n) is 10.6. The van der Waals surface area contributed by atoms with E-state index in [4.69, 9.17) is 4.74 Å². The number of benzene rings is 1. The van der Waals surface area contributed by atoms with Gasteiger partial charge in [0.05, 0.1) is 11.8 Å². The van der Waals surface area contributed by atoms with Crippen molar-refractivity contribution in [3.05, 3.63) is 59.4 Å². The first-order valence-corrected chi connectivity index (χ1v) is 5.98. The number of hydrogen-bond donors (Lipinski definition) is 1. The van der Waals surface area contributed by atoms with Crippen molar-refractivity contribution in [2.24, 2.45) is 0 Å². The summed E-state index contributed by atoms with van der Waals surface area (Å²) in [6.07, 6.45) is 1.30. The molecule has 0 bridgehead atoms. The Hall–Kier alpha value is -1.87. The van der Waals surface area contributed by atoms with Gasteiger partial charge in [-0.1, -0.05) is 12.1 Å². The van der Waals surface area contributed by atoms with E-state index in [9.17, 15) is 5.11 Å². The van der Waals surface area contributed by atoms with Crippen molar-refractivity contribution >= 4 is 0 Å². The van der Waals surface area contributed by atoms with Crippen molar-refractivity contribution in [2.45, 2.75) is 26.6 Å². The van der Waals surface area contributed by atoms with Crippen molar-refractivity contribution in [1.82, 2.24) is 4.98 Å². The molecule has 18 heavy (non-hydrogen) atoms. The van der Waals surface area contributed by atoms with Gasteiger partial charge < -0.3 is 9.84 Å². The van der Waals surface area contributed by atoms with E-state index in [1.165, 1.54) is 0 Å². The van der Waals surface area contributed by atoms with Gasteiger partial charge in [0.1, 0.15) is 12.4 Å². The predicted octanol–water partition coefficient (Wildman–Crippen LogP) is 3.02. The average molecular weight is 243 g/mol. The molecule has 0 fully saturated rings. The minimum atomic E-state index is -0.450. The first kappa shape index (κ1) is 12.6. The lowest BCUT2D eigenvalue weighted by Gasteiger charge is -2.11. The molecule has 0 aliphatic rings. The van der Waals surface area contributed by atoms with Crippen LogP contribution in [0.3, 0.4) is 0 Å². The van der Waals surface area contributed by atoms with Gasteiger partial charge in [-0.15, -0.1) is 0 Å². The number of ether oxygens (including phenoxy) is 1. The Morgan fingerprint density at radius 1 is 1.28 bits per heavy atom. The zero-order valence-corrected chi connectivity index (χ0v) is 10.6. The second-order valence-electron chi connectivity index (χ2n) is 4.31. The van der Waals surface area contributed by atoms with E-state index in [0.717, 1.165) is 22.6 Å². The molecule has 1 aromatic heterocycles. The Kier molecular flexibility index (Phi) is 3.95. The Labute approximate surface area is 107 Å². The molecule has 0 saturated heterocycles. The van der Waals surface area contributed by atoms with E-state index in [1.54, 1.807) is 13.1 Å². The molecular formula is C15H17NO2. The molecule has 3 nitrogen and oxygen atoms in total. The van der Waals surface area contributed by atoms with Crippen LogP contribution in [0.25, 0.3) is 0 Å². The fourth-order valence-corrected chi connectivity index (χ4v) is 1.73. The van der Waals surface area contributed by atoms with Crippen molar-refractivity contribution in [2.75, 3.05) is 0 Å². The summed E-state index contributed by atoms with van der Waals surface area (Å²) in [6.45, 7) is 4.18. The van der Waals surface area contributed by atoms with Gasteiger partial charge in [-0.2, -0.15) is 0 Å². The number of hydrogen-bond acceptors (Lipinski definition) is 3. The number of aryl methyl sites for hydroxylation is 1. The lowest BCUT2D eigenvalue weighted by atomic mass is 10.1. The molecule has 0 radical (unpaired) electrons. The normalized spacial score (nSPS) is 12.2. The van der Waals surface area contributed by atoms with Gasteiger partial charge in [-0.25, -0.2) is 0 Å². The predicted molar refractivity (Wildman–Crippen MR) is 70.4 cm³/mol. The number of rotatable bonds is 4. The van der Waals surface area contributed by atoms with Crippen LogP contribution in [0, 0.1) is 6.92 Å². The molecule has 94 valence electrons. The van der Waals surface area contributed by atoms with Gasteiger partial charge in [-0.05, 0) is 49.2 Å². The Morgan fingerprint density at radius 3 is 2.72 bits per heavy atom. The van der Waals surface area contributed by atoms with E-state index >= 15 is 0 Å². The van der Waals surface area contributed by atoms with Crippen molar-refractivity contribution in [1.29, 1.82) is 0 Å². The third-order valence-electron chi connectivity index (χ3n) is 2.78. The molecular weight excluding hydrogens is 226 g/mol.